The number of carbonyl (C=O) groups is 2. The second-order valence-electron chi connectivity index (χ2n) is 8.22. The van der Waals surface area contributed by atoms with Crippen LogP contribution in [0.4, 0.5) is 0 Å². The lowest BCUT2D eigenvalue weighted by atomic mass is 9.96. The van der Waals surface area contributed by atoms with Crippen LogP contribution in [-0.2, 0) is 0 Å². The van der Waals surface area contributed by atoms with Crippen molar-refractivity contribution in [1.82, 2.24) is 14.8 Å². The molecule has 1 N–H and O–H groups in total. The molecule has 3 heterocycles. The minimum absolute atomic E-state index is 0.0830. The van der Waals surface area contributed by atoms with E-state index in [1.165, 1.54) is 35.0 Å². The Morgan fingerprint density at radius 1 is 1.13 bits per heavy atom. The summed E-state index contributed by atoms with van der Waals surface area (Å²) in [5, 5.41) is 9.00. The molecular formula is C23H27N3O4. The van der Waals surface area contributed by atoms with Gasteiger partial charge >= 0.3 is 5.97 Å². The third-order valence-corrected chi connectivity index (χ3v) is 6.72. The van der Waals surface area contributed by atoms with Crippen molar-refractivity contribution in [3.63, 3.8) is 0 Å². The first kappa shape index (κ1) is 20.3. The van der Waals surface area contributed by atoms with Gasteiger partial charge in [0.05, 0.1) is 12.7 Å². The average molecular weight is 409 g/mol. The first-order chi connectivity index (χ1) is 14.3. The van der Waals surface area contributed by atoms with E-state index in [4.69, 9.17) is 9.84 Å². The number of carbonyl (C=O) groups excluding carboxylic acids is 1. The highest BCUT2D eigenvalue weighted by Crippen LogP contribution is 2.39. The van der Waals surface area contributed by atoms with Crippen molar-refractivity contribution in [2.45, 2.75) is 45.3 Å². The Bertz CT molecular complexity index is 989. The minimum atomic E-state index is -1.05. The summed E-state index contributed by atoms with van der Waals surface area (Å²) < 4.78 is 5.44. The Labute approximate surface area is 176 Å². The van der Waals surface area contributed by atoms with Gasteiger partial charge in [0.25, 0.3) is 5.91 Å². The van der Waals surface area contributed by atoms with E-state index in [-0.39, 0.29) is 23.6 Å². The van der Waals surface area contributed by atoms with Crippen LogP contribution in [0, 0.1) is 13.8 Å². The molecule has 2 aliphatic heterocycles. The predicted octanol–water partition coefficient (Wildman–Crippen LogP) is 3.07. The van der Waals surface area contributed by atoms with E-state index in [0.717, 1.165) is 18.7 Å². The molecule has 0 aliphatic carbocycles. The predicted molar refractivity (Wildman–Crippen MR) is 112 cm³/mol. The maximum Gasteiger partial charge on any atom is 0.337 e. The number of ether oxygens (including phenoxy) is 1. The number of amides is 1. The zero-order chi connectivity index (χ0) is 21.6. The fourth-order valence-electron chi connectivity index (χ4n) is 4.88. The number of rotatable bonds is 5. The molecule has 7 heteroatoms. The van der Waals surface area contributed by atoms with Crippen LogP contribution in [-0.4, -0.2) is 64.0 Å². The monoisotopic (exact) mass is 409 g/mol. The summed E-state index contributed by atoms with van der Waals surface area (Å²) in [5.41, 5.74) is 4.09. The molecule has 3 atom stereocenters. The Morgan fingerprint density at radius 3 is 2.47 bits per heavy atom. The Kier molecular flexibility index (Phi) is 5.24. The molecule has 0 unspecified atom stereocenters. The molecule has 2 aliphatic rings. The Morgan fingerprint density at radius 2 is 1.90 bits per heavy atom. The third kappa shape index (κ3) is 3.33. The number of carboxylic acids is 1. The summed E-state index contributed by atoms with van der Waals surface area (Å²) in [5.74, 6) is -0.261. The number of piperazine rings is 1. The molecule has 2 aromatic rings. The highest BCUT2D eigenvalue weighted by atomic mass is 16.5. The molecular weight excluding hydrogens is 382 g/mol. The number of aromatic carboxylic acids is 1. The number of likely N-dealkylation sites (tertiary alicyclic amines) is 2. The van der Waals surface area contributed by atoms with Gasteiger partial charge < -0.3 is 14.7 Å². The van der Waals surface area contributed by atoms with E-state index >= 15 is 0 Å². The zero-order valence-electron chi connectivity index (χ0n) is 17.8. The summed E-state index contributed by atoms with van der Waals surface area (Å²) in [6, 6.07) is 7.84. The average Bonchev–Trinajstić information content (AvgIpc) is 3.36. The van der Waals surface area contributed by atoms with Crippen LogP contribution in [0.2, 0.25) is 0 Å². The molecule has 1 aromatic heterocycles. The van der Waals surface area contributed by atoms with Gasteiger partial charge in [-0.05, 0) is 62.1 Å². The fourth-order valence-corrected chi connectivity index (χ4v) is 4.88. The quantitative estimate of drug-likeness (QED) is 0.817. The Hall–Kier alpha value is -2.93. The lowest BCUT2D eigenvalue weighted by molar-refractivity contribution is 0.0562. The van der Waals surface area contributed by atoms with Crippen LogP contribution in [0.5, 0.6) is 5.75 Å². The first-order valence-electron chi connectivity index (χ1n) is 10.2. The highest BCUT2D eigenvalue weighted by molar-refractivity contribution is 5.94. The summed E-state index contributed by atoms with van der Waals surface area (Å²) >= 11 is 0. The number of hydrogen-bond donors (Lipinski definition) is 1. The molecule has 2 fully saturated rings. The maximum atomic E-state index is 12.9. The summed E-state index contributed by atoms with van der Waals surface area (Å²) in [4.78, 5) is 32.4. The van der Waals surface area contributed by atoms with Crippen molar-refractivity contribution < 1.29 is 19.4 Å². The molecule has 1 amide bonds. The first-order valence-corrected chi connectivity index (χ1v) is 10.2. The minimum Gasteiger partial charge on any atom is -0.496 e. The number of aromatic nitrogens is 1. The number of methoxy groups -OCH3 is 1. The van der Waals surface area contributed by atoms with Crippen LogP contribution in [0.3, 0.4) is 0 Å². The van der Waals surface area contributed by atoms with Gasteiger partial charge in [-0.25, -0.2) is 4.79 Å². The van der Waals surface area contributed by atoms with Crippen molar-refractivity contribution in [2.24, 2.45) is 0 Å². The topological polar surface area (TPSA) is 83.0 Å². The van der Waals surface area contributed by atoms with Crippen LogP contribution < -0.4 is 4.74 Å². The van der Waals surface area contributed by atoms with Crippen molar-refractivity contribution in [3.8, 4) is 5.75 Å². The number of pyridine rings is 1. The van der Waals surface area contributed by atoms with Crippen molar-refractivity contribution in [1.29, 1.82) is 0 Å². The van der Waals surface area contributed by atoms with E-state index in [2.05, 4.69) is 36.7 Å². The van der Waals surface area contributed by atoms with E-state index in [1.54, 1.807) is 7.11 Å². The molecule has 4 rings (SSSR count). The second kappa shape index (κ2) is 7.72. The summed E-state index contributed by atoms with van der Waals surface area (Å²) in [6.45, 7) is 7.96. The molecule has 7 nitrogen and oxygen atoms in total. The van der Waals surface area contributed by atoms with E-state index in [1.807, 2.05) is 11.0 Å². The second-order valence-corrected chi connectivity index (χ2v) is 8.22. The van der Waals surface area contributed by atoms with Gasteiger partial charge in [-0.1, -0.05) is 6.07 Å². The molecule has 0 saturated carbocycles. The molecule has 2 bridgehead atoms. The van der Waals surface area contributed by atoms with Crippen LogP contribution in [0.25, 0.3) is 0 Å². The van der Waals surface area contributed by atoms with Gasteiger partial charge in [-0.15, -0.1) is 0 Å². The number of nitrogens with zero attached hydrogens (tertiary/aromatic N) is 3. The zero-order valence-corrected chi connectivity index (χ0v) is 17.8. The Balaban J connectivity index is 1.47. The summed E-state index contributed by atoms with van der Waals surface area (Å²) in [6.07, 6.45) is 2.20. The molecule has 0 radical (unpaired) electrons. The van der Waals surface area contributed by atoms with E-state index in [0.29, 0.717) is 18.3 Å². The normalized spacial score (nSPS) is 21.7. The van der Waals surface area contributed by atoms with Gasteiger partial charge in [0.15, 0.2) is 0 Å². The lowest BCUT2D eigenvalue weighted by Gasteiger charge is -2.38. The largest absolute Gasteiger partial charge is 0.496 e. The van der Waals surface area contributed by atoms with Gasteiger partial charge in [0, 0.05) is 37.4 Å². The van der Waals surface area contributed by atoms with Crippen LogP contribution >= 0.6 is 0 Å². The van der Waals surface area contributed by atoms with Crippen molar-refractivity contribution in [2.75, 3.05) is 20.2 Å². The van der Waals surface area contributed by atoms with Crippen molar-refractivity contribution in [3.05, 3.63) is 58.4 Å². The smallest absolute Gasteiger partial charge is 0.337 e. The van der Waals surface area contributed by atoms with Gasteiger partial charge in [-0.3, -0.25) is 14.7 Å². The van der Waals surface area contributed by atoms with Gasteiger partial charge in [0.1, 0.15) is 11.4 Å². The number of fused-ring (bicyclic) bond motifs is 2. The molecule has 158 valence electrons. The fraction of sp³-hybridized carbons (Fsp3) is 0.435. The SMILES string of the molecule is COc1ccc([C@H](C)N2C[C@@H]3C[C@H]2CN3C(=O)c2ccc(C(=O)O)cn2)c(C)c1C. The van der Waals surface area contributed by atoms with Crippen LogP contribution in [0.1, 0.15) is 56.9 Å². The maximum absolute atomic E-state index is 12.9. The lowest BCUT2D eigenvalue weighted by Crippen LogP contribution is -2.49. The molecule has 30 heavy (non-hydrogen) atoms. The standard InChI is InChI=1S/C23H27N3O4/c1-13-14(2)21(30-4)8-6-19(13)15(3)25-11-18-9-17(25)12-26(18)22(27)20-7-5-16(10-24-20)23(28)29/h5-8,10,15,17-18H,9,11-12H2,1-4H3,(H,28,29)/t15-,17-,18-/m0/s1. The number of carboxylic acid groups (broad SMARTS) is 1. The van der Waals surface area contributed by atoms with E-state index in [9.17, 15) is 9.59 Å². The number of hydrogen-bond acceptors (Lipinski definition) is 5. The van der Waals surface area contributed by atoms with Crippen LogP contribution in [0.15, 0.2) is 30.5 Å². The number of benzene rings is 1. The van der Waals surface area contributed by atoms with E-state index < -0.39 is 5.97 Å². The third-order valence-electron chi connectivity index (χ3n) is 6.72. The highest BCUT2D eigenvalue weighted by Gasteiger charge is 2.47. The molecule has 1 aromatic carbocycles. The van der Waals surface area contributed by atoms with Gasteiger partial charge in [-0.2, -0.15) is 0 Å². The molecule has 2 saturated heterocycles. The summed E-state index contributed by atoms with van der Waals surface area (Å²) in [7, 11) is 1.69. The van der Waals surface area contributed by atoms with Gasteiger partial charge in [0.2, 0.25) is 0 Å². The molecule has 0 spiro atoms. The van der Waals surface area contributed by atoms with Crippen molar-refractivity contribution >= 4 is 11.9 Å².